The number of hydrogen-bond donors (Lipinski definition) is 0. The second kappa shape index (κ2) is 7.17. The first-order chi connectivity index (χ1) is 13.3. The van der Waals surface area contributed by atoms with Gasteiger partial charge >= 0.3 is 0 Å². The summed E-state index contributed by atoms with van der Waals surface area (Å²) in [5.41, 5.74) is 2.73. The van der Waals surface area contributed by atoms with Gasteiger partial charge in [-0.05, 0) is 36.2 Å². The van der Waals surface area contributed by atoms with Gasteiger partial charge in [-0.1, -0.05) is 30.3 Å². The number of nitrogens with zero attached hydrogens (tertiary/aromatic N) is 2. The second-order valence-corrected chi connectivity index (χ2v) is 8.07. The zero-order chi connectivity index (χ0) is 18.2. The van der Waals surface area contributed by atoms with Crippen molar-refractivity contribution in [1.29, 1.82) is 0 Å². The highest BCUT2D eigenvalue weighted by Gasteiger charge is 2.38. The highest BCUT2D eigenvalue weighted by atomic mass is 16.5. The maximum Gasteiger partial charge on any atom is 0.122 e. The molecule has 2 fully saturated rings. The minimum atomic E-state index is 0.307. The van der Waals surface area contributed by atoms with Crippen molar-refractivity contribution in [3.05, 3.63) is 59.7 Å². The van der Waals surface area contributed by atoms with Crippen LogP contribution in [0.15, 0.2) is 48.5 Å². The number of piperazine rings is 1. The maximum atomic E-state index is 6.22. The SMILES string of the molecule is CC(c1ccc2c(c1)OCC2)N1CCN2CC(Oc3ccccc3)CC2C1. The van der Waals surface area contributed by atoms with Crippen LogP contribution in [0.25, 0.3) is 0 Å². The summed E-state index contributed by atoms with van der Waals surface area (Å²) in [7, 11) is 0. The smallest absolute Gasteiger partial charge is 0.122 e. The monoisotopic (exact) mass is 364 g/mol. The maximum absolute atomic E-state index is 6.22. The lowest BCUT2D eigenvalue weighted by Gasteiger charge is -2.40. The molecule has 0 bridgehead atoms. The largest absolute Gasteiger partial charge is 0.493 e. The Kier molecular flexibility index (Phi) is 4.54. The minimum Gasteiger partial charge on any atom is -0.493 e. The number of ether oxygens (including phenoxy) is 2. The summed E-state index contributed by atoms with van der Waals surface area (Å²) in [6.07, 6.45) is 2.47. The van der Waals surface area contributed by atoms with Crippen molar-refractivity contribution >= 4 is 0 Å². The highest BCUT2D eigenvalue weighted by molar-refractivity contribution is 5.41. The van der Waals surface area contributed by atoms with Gasteiger partial charge in [0.15, 0.2) is 0 Å². The molecule has 0 aromatic heterocycles. The summed E-state index contributed by atoms with van der Waals surface area (Å²) in [4.78, 5) is 5.24. The Balaban J connectivity index is 1.23. The van der Waals surface area contributed by atoms with Gasteiger partial charge in [0.1, 0.15) is 17.6 Å². The standard InChI is InChI=1S/C23H28N2O2/c1-17(19-8-7-18-9-12-26-23(18)13-19)24-10-11-25-16-22(14-20(25)15-24)27-21-5-3-2-4-6-21/h2-8,13,17,20,22H,9-12,14-16H2,1H3. The molecule has 0 radical (unpaired) electrons. The summed E-state index contributed by atoms with van der Waals surface area (Å²) in [5.74, 6) is 2.08. The molecule has 4 heteroatoms. The van der Waals surface area contributed by atoms with Gasteiger partial charge in [0.2, 0.25) is 0 Å². The number of rotatable bonds is 4. The van der Waals surface area contributed by atoms with Crippen molar-refractivity contribution < 1.29 is 9.47 Å². The molecule has 5 rings (SSSR count). The second-order valence-electron chi connectivity index (χ2n) is 8.07. The molecule has 3 aliphatic heterocycles. The molecule has 3 unspecified atom stereocenters. The van der Waals surface area contributed by atoms with E-state index in [1.807, 2.05) is 18.2 Å². The van der Waals surface area contributed by atoms with Crippen LogP contribution in [0.5, 0.6) is 11.5 Å². The highest BCUT2D eigenvalue weighted by Crippen LogP contribution is 2.33. The van der Waals surface area contributed by atoms with Gasteiger partial charge in [-0.2, -0.15) is 0 Å². The van der Waals surface area contributed by atoms with Crippen LogP contribution in [-0.4, -0.2) is 54.7 Å². The van der Waals surface area contributed by atoms with E-state index in [9.17, 15) is 0 Å². The van der Waals surface area contributed by atoms with E-state index in [-0.39, 0.29) is 0 Å². The first-order valence-electron chi connectivity index (χ1n) is 10.2. The summed E-state index contributed by atoms with van der Waals surface area (Å²) in [6, 6.07) is 18.1. The zero-order valence-corrected chi connectivity index (χ0v) is 16.0. The molecule has 0 N–H and O–H groups in total. The average molecular weight is 364 g/mol. The molecule has 0 saturated carbocycles. The Bertz CT molecular complexity index is 794. The van der Waals surface area contributed by atoms with E-state index in [0.717, 1.165) is 57.1 Å². The molecule has 2 aromatic carbocycles. The number of hydrogen-bond acceptors (Lipinski definition) is 4. The van der Waals surface area contributed by atoms with E-state index < -0.39 is 0 Å². The van der Waals surface area contributed by atoms with Crippen LogP contribution in [0.4, 0.5) is 0 Å². The van der Waals surface area contributed by atoms with Crippen molar-refractivity contribution in [3.8, 4) is 11.5 Å². The van der Waals surface area contributed by atoms with Crippen molar-refractivity contribution in [2.75, 3.05) is 32.8 Å². The van der Waals surface area contributed by atoms with Gasteiger partial charge in [-0.25, -0.2) is 0 Å². The molecule has 3 atom stereocenters. The first kappa shape index (κ1) is 17.1. The summed E-state index contributed by atoms with van der Waals surface area (Å²) in [6.45, 7) is 7.58. The van der Waals surface area contributed by atoms with Crippen LogP contribution in [0.2, 0.25) is 0 Å². The van der Waals surface area contributed by atoms with E-state index >= 15 is 0 Å². The van der Waals surface area contributed by atoms with E-state index in [1.54, 1.807) is 0 Å². The van der Waals surface area contributed by atoms with E-state index in [0.29, 0.717) is 18.2 Å². The fourth-order valence-corrected chi connectivity index (χ4v) is 4.80. The summed E-state index contributed by atoms with van der Waals surface area (Å²) < 4.78 is 12.0. The van der Waals surface area contributed by atoms with Crippen LogP contribution in [0.1, 0.15) is 30.5 Å². The number of fused-ring (bicyclic) bond motifs is 2. The molecule has 142 valence electrons. The minimum absolute atomic E-state index is 0.307. The fraction of sp³-hybridized carbons (Fsp3) is 0.478. The topological polar surface area (TPSA) is 24.9 Å². The van der Waals surface area contributed by atoms with Gasteiger partial charge in [0.05, 0.1) is 6.61 Å². The van der Waals surface area contributed by atoms with Crippen molar-refractivity contribution in [3.63, 3.8) is 0 Å². The number of benzene rings is 2. The van der Waals surface area contributed by atoms with Gasteiger partial charge < -0.3 is 9.47 Å². The van der Waals surface area contributed by atoms with Gasteiger partial charge in [-0.15, -0.1) is 0 Å². The van der Waals surface area contributed by atoms with Crippen molar-refractivity contribution in [2.45, 2.75) is 38.0 Å². The van der Waals surface area contributed by atoms with Crippen molar-refractivity contribution in [1.82, 2.24) is 9.80 Å². The predicted molar refractivity (Wildman–Crippen MR) is 106 cm³/mol. The Morgan fingerprint density at radius 3 is 2.85 bits per heavy atom. The Hall–Kier alpha value is -2.04. The Morgan fingerprint density at radius 1 is 1.07 bits per heavy atom. The molecule has 0 aliphatic carbocycles. The lowest BCUT2D eigenvalue weighted by Crippen LogP contribution is -2.50. The average Bonchev–Trinajstić information content (AvgIpc) is 3.33. The van der Waals surface area contributed by atoms with Gasteiger partial charge in [-0.3, -0.25) is 9.80 Å². The van der Waals surface area contributed by atoms with Crippen LogP contribution in [-0.2, 0) is 6.42 Å². The molecule has 3 aliphatic rings. The molecule has 2 aromatic rings. The molecule has 3 heterocycles. The molecule has 4 nitrogen and oxygen atoms in total. The third kappa shape index (κ3) is 3.44. The van der Waals surface area contributed by atoms with Crippen LogP contribution in [0, 0.1) is 0 Å². The fourth-order valence-electron chi connectivity index (χ4n) is 4.80. The predicted octanol–water partition coefficient (Wildman–Crippen LogP) is 3.52. The summed E-state index contributed by atoms with van der Waals surface area (Å²) in [5, 5.41) is 0. The van der Waals surface area contributed by atoms with Crippen LogP contribution >= 0.6 is 0 Å². The molecule has 27 heavy (non-hydrogen) atoms. The van der Waals surface area contributed by atoms with Gasteiger partial charge in [0.25, 0.3) is 0 Å². The normalized spacial score (nSPS) is 26.3. The quantitative estimate of drug-likeness (QED) is 0.829. The van der Waals surface area contributed by atoms with E-state index in [4.69, 9.17) is 9.47 Å². The van der Waals surface area contributed by atoms with E-state index in [1.165, 1.54) is 11.1 Å². The zero-order valence-electron chi connectivity index (χ0n) is 16.0. The van der Waals surface area contributed by atoms with Gasteiger partial charge in [0, 0.05) is 51.1 Å². The van der Waals surface area contributed by atoms with E-state index in [2.05, 4.69) is 47.1 Å². The molecule has 0 amide bonds. The Labute approximate surface area is 161 Å². The van der Waals surface area contributed by atoms with Crippen LogP contribution < -0.4 is 9.47 Å². The molecule has 0 spiro atoms. The van der Waals surface area contributed by atoms with Crippen LogP contribution in [0.3, 0.4) is 0 Å². The molecule has 2 saturated heterocycles. The summed E-state index contributed by atoms with van der Waals surface area (Å²) >= 11 is 0. The Morgan fingerprint density at radius 2 is 1.96 bits per heavy atom. The number of para-hydroxylation sites is 1. The molecular formula is C23H28N2O2. The molecular weight excluding hydrogens is 336 g/mol. The lowest BCUT2D eigenvalue weighted by molar-refractivity contribution is 0.0761. The first-order valence-corrected chi connectivity index (χ1v) is 10.2. The van der Waals surface area contributed by atoms with Crippen molar-refractivity contribution in [2.24, 2.45) is 0 Å². The lowest BCUT2D eigenvalue weighted by atomic mass is 10.0. The third-order valence-electron chi connectivity index (χ3n) is 6.41. The third-order valence-corrected chi connectivity index (χ3v) is 6.41.